The zero-order valence-electron chi connectivity index (χ0n) is 13.8. The van der Waals surface area contributed by atoms with E-state index in [2.05, 4.69) is 23.5 Å². The zero-order chi connectivity index (χ0) is 17.2. The van der Waals surface area contributed by atoms with Gasteiger partial charge < -0.3 is 10.2 Å². The molecule has 0 saturated carbocycles. The van der Waals surface area contributed by atoms with Crippen molar-refractivity contribution < 1.29 is 13.2 Å². The predicted octanol–water partition coefficient (Wildman–Crippen LogP) is 1.38. The number of hydrogen-bond donors (Lipinski definition) is 1. The number of nitrogens with zero attached hydrogens (tertiary/aromatic N) is 2. The third-order valence-corrected chi connectivity index (χ3v) is 5.75. The summed E-state index contributed by atoms with van der Waals surface area (Å²) in [6, 6.07) is 10.0. The molecule has 0 spiro atoms. The van der Waals surface area contributed by atoms with Gasteiger partial charge in [0.1, 0.15) is 0 Å². The molecule has 1 fully saturated rings. The second kappa shape index (κ2) is 6.94. The van der Waals surface area contributed by atoms with Crippen molar-refractivity contribution in [2.24, 2.45) is 5.92 Å². The lowest BCUT2D eigenvalue weighted by atomic mass is 10.0. The van der Waals surface area contributed by atoms with E-state index in [9.17, 15) is 13.2 Å². The Bertz CT molecular complexity index is 725. The van der Waals surface area contributed by atoms with Crippen molar-refractivity contribution in [1.82, 2.24) is 14.5 Å². The molecule has 0 atom stereocenters. The van der Waals surface area contributed by atoms with Gasteiger partial charge in [0.15, 0.2) is 0 Å². The van der Waals surface area contributed by atoms with Crippen LogP contribution in [-0.4, -0.2) is 62.6 Å². The fraction of sp³-hybridized carbons (Fsp3) is 0.471. The van der Waals surface area contributed by atoms with Crippen molar-refractivity contribution in [1.29, 1.82) is 0 Å². The summed E-state index contributed by atoms with van der Waals surface area (Å²) in [5.41, 5.74) is 2.32. The number of sulfonamides is 1. The van der Waals surface area contributed by atoms with Crippen LogP contribution in [0.15, 0.2) is 36.4 Å². The van der Waals surface area contributed by atoms with Crippen molar-refractivity contribution >= 4 is 21.6 Å². The molecule has 6 nitrogen and oxygen atoms in total. The summed E-state index contributed by atoms with van der Waals surface area (Å²) in [6.07, 6.45) is 4.25. The Morgan fingerprint density at radius 2 is 1.96 bits per heavy atom. The second-order valence-electron chi connectivity index (χ2n) is 6.44. The van der Waals surface area contributed by atoms with Crippen LogP contribution in [-0.2, 0) is 10.0 Å². The lowest BCUT2D eigenvalue weighted by Crippen LogP contribution is -2.54. The van der Waals surface area contributed by atoms with E-state index >= 15 is 0 Å². The number of urea groups is 1. The summed E-state index contributed by atoms with van der Waals surface area (Å²) >= 11 is 0. The molecule has 7 heteroatoms. The minimum Gasteiger partial charge on any atom is -0.338 e. The number of amides is 2. The molecule has 1 saturated heterocycles. The van der Waals surface area contributed by atoms with Crippen molar-refractivity contribution in [2.75, 3.05) is 39.0 Å². The van der Waals surface area contributed by atoms with Gasteiger partial charge in [-0.2, -0.15) is 0 Å². The Morgan fingerprint density at radius 3 is 2.62 bits per heavy atom. The topological polar surface area (TPSA) is 69.7 Å². The number of carbonyl (C=O) groups is 1. The zero-order valence-corrected chi connectivity index (χ0v) is 14.6. The van der Waals surface area contributed by atoms with E-state index < -0.39 is 10.0 Å². The summed E-state index contributed by atoms with van der Waals surface area (Å²) in [6.45, 7) is 2.83. The maximum atomic E-state index is 12.4. The Balaban J connectivity index is 1.48. The highest BCUT2D eigenvalue weighted by atomic mass is 32.2. The molecular formula is C17H23N3O3S. The van der Waals surface area contributed by atoms with Crippen molar-refractivity contribution in [2.45, 2.75) is 6.42 Å². The minimum absolute atomic E-state index is 0.0747. The van der Waals surface area contributed by atoms with Crippen LogP contribution >= 0.6 is 0 Å². The summed E-state index contributed by atoms with van der Waals surface area (Å²) in [5, 5.41) is 2.94. The molecule has 0 bridgehead atoms. The summed E-state index contributed by atoms with van der Waals surface area (Å²) < 4.78 is 24.1. The molecule has 0 aromatic heterocycles. The molecule has 1 aromatic rings. The van der Waals surface area contributed by atoms with Gasteiger partial charge in [-0.1, -0.05) is 36.4 Å². The smallest absolute Gasteiger partial charge is 0.317 e. The first-order valence-electron chi connectivity index (χ1n) is 8.16. The maximum absolute atomic E-state index is 12.4. The van der Waals surface area contributed by atoms with Gasteiger partial charge >= 0.3 is 6.03 Å². The van der Waals surface area contributed by atoms with Gasteiger partial charge in [0, 0.05) is 38.6 Å². The van der Waals surface area contributed by atoms with Crippen molar-refractivity contribution in [3.8, 4) is 0 Å². The molecule has 3 rings (SSSR count). The molecule has 2 heterocycles. The Hall–Kier alpha value is -1.86. The van der Waals surface area contributed by atoms with Gasteiger partial charge in [-0.25, -0.2) is 17.5 Å². The molecule has 24 heavy (non-hydrogen) atoms. The van der Waals surface area contributed by atoms with Crippen LogP contribution in [0.25, 0.3) is 5.57 Å². The second-order valence-corrected chi connectivity index (χ2v) is 8.42. The average molecular weight is 349 g/mol. The number of nitrogens with one attached hydrogen (secondary N) is 1. The van der Waals surface area contributed by atoms with Gasteiger partial charge in [0.2, 0.25) is 10.0 Å². The Kier molecular flexibility index (Phi) is 4.91. The molecule has 130 valence electrons. The summed E-state index contributed by atoms with van der Waals surface area (Å²) in [4.78, 5) is 14.2. The van der Waals surface area contributed by atoms with E-state index in [0.29, 0.717) is 32.7 Å². The highest BCUT2D eigenvalue weighted by Gasteiger charge is 2.33. The number of hydrogen-bond acceptors (Lipinski definition) is 3. The average Bonchev–Trinajstić information content (AvgIpc) is 2.53. The lowest BCUT2D eigenvalue weighted by Gasteiger charge is -2.37. The summed E-state index contributed by atoms with van der Waals surface area (Å²) in [7, 11) is -3.09. The minimum atomic E-state index is -3.09. The number of benzene rings is 1. The molecule has 2 aliphatic rings. The molecule has 2 amide bonds. The van der Waals surface area contributed by atoms with E-state index in [4.69, 9.17) is 0 Å². The van der Waals surface area contributed by atoms with Gasteiger partial charge in [-0.05, 0) is 17.6 Å². The van der Waals surface area contributed by atoms with Crippen LogP contribution in [0.2, 0.25) is 0 Å². The van der Waals surface area contributed by atoms with Crippen molar-refractivity contribution in [3.63, 3.8) is 0 Å². The third kappa shape index (κ3) is 3.96. The maximum Gasteiger partial charge on any atom is 0.317 e. The van der Waals surface area contributed by atoms with E-state index in [1.165, 1.54) is 16.1 Å². The van der Waals surface area contributed by atoms with E-state index in [1.54, 1.807) is 0 Å². The highest BCUT2D eigenvalue weighted by Crippen LogP contribution is 2.21. The first-order valence-corrected chi connectivity index (χ1v) is 10.0. The molecule has 0 unspecified atom stereocenters. The first kappa shape index (κ1) is 17.0. The first-order chi connectivity index (χ1) is 11.4. The third-order valence-electron chi connectivity index (χ3n) is 4.52. The SMILES string of the molecule is CS(=O)(=O)N1CC(CNC(=O)N2CCC=C(c3ccccc3)C2)C1. The fourth-order valence-electron chi connectivity index (χ4n) is 3.04. The quantitative estimate of drug-likeness (QED) is 0.893. The monoisotopic (exact) mass is 349 g/mol. The number of carbonyl (C=O) groups excluding carboxylic acids is 1. The molecule has 0 radical (unpaired) electrons. The van der Waals surface area contributed by atoms with Crippen LogP contribution in [0, 0.1) is 5.92 Å². The normalized spacial score (nSPS) is 19.5. The van der Waals surface area contributed by atoms with Gasteiger partial charge in [0.05, 0.1) is 6.26 Å². The molecular weight excluding hydrogens is 326 g/mol. The van der Waals surface area contributed by atoms with Crippen LogP contribution in [0.3, 0.4) is 0 Å². The van der Waals surface area contributed by atoms with Gasteiger partial charge in [-0.3, -0.25) is 0 Å². The molecule has 0 aliphatic carbocycles. The van der Waals surface area contributed by atoms with Crippen molar-refractivity contribution in [3.05, 3.63) is 42.0 Å². The number of rotatable bonds is 4. The molecule has 1 N–H and O–H groups in total. The van der Waals surface area contributed by atoms with E-state index in [1.807, 2.05) is 23.1 Å². The Labute approximate surface area is 143 Å². The largest absolute Gasteiger partial charge is 0.338 e. The van der Waals surface area contributed by atoms with Crippen LogP contribution in [0.5, 0.6) is 0 Å². The van der Waals surface area contributed by atoms with Crippen LogP contribution in [0.1, 0.15) is 12.0 Å². The van der Waals surface area contributed by atoms with Crippen LogP contribution < -0.4 is 5.32 Å². The van der Waals surface area contributed by atoms with E-state index in [-0.39, 0.29) is 11.9 Å². The van der Waals surface area contributed by atoms with Crippen LogP contribution in [0.4, 0.5) is 4.79 Å². The standard InChI is InChI=1S/C17H23N3O3S/c1-24(22,23)20-11-14(12-20)10-18-17(21)19-9-5-8-16(13-19)15-6-3-2-4-7-15/h2-4,6-8,14H,5,9-13H2,1H3,(H,18,21). The predicted molar refractivity (Wildman–Crippen MR) is 93.9 cm³/mol. The lowest BCUT2D eigenvalue weighted by molar-refractivity contribution is 0.179. The summed E-state index contributed by atoms with van der Waals surface area (Å²) in [5.74, 6) is 0.206. The highest BCUT2D eigenvalue weighted by molar-refractivity contribution is 7.88. The Morgan fingerprint density at radius 1 is 1.25 bits per heavy atom. The molecule has 1 aromatic carbocycles. The van der Waals surface area contributed by atoms with E-state index in [0.717, 1.165) is 12.0 Å². The fourth-order valence-corrected chi connectivity index (χ4v) is 4.01. The molecule has 2 aliphatic heterocycles. The van der Waals surface area contributed by atoms with Gasteiger partial charge in [0.25, 0.3) is 0 Å². The van der Waals surface area contributed by atoms with Gasteiger partial charge in [-0.15, -0.1) is 0 Å².